The molecule has 0 saturated heterocycles. The molecule has 4 rings (SSSR count). The maximum absolute atomic E-state index is 10.2. The van der Waals surface area contributed by atoms with Crippen LogP contribution in [0, 0.1) is 23.2 Å². The molecule has 0 aliphatic heterocycles. The maximum Gasteiger partial charge on any atom is 0.0811 e. The van der Waals surface area contributed by atoms with Crippen molar-refractivity contribution in [2.24, 2.45) is 23.2 Å². The number of fused-ring (bicyclic) bond motifs is 1. The molecule has 0 aromatic rings. The lowest BCUT2D eigenvalue weighted by Crippen LogP contribution is -2.35. The molecule has 0 amide bonds. The second kappa shape index (κ2) is 9.63. The highest BCUT2D eigenvalue weighted by Crippen LogP contribution is 2.59. The van der Waals surface area contributed by atoms with Crippen LogP contribution in [0.25, 0.3) is 0 Å². The molecule has 2 heteroatoms. The predicted molar refractivity (Wildman–Crippen MR) is 130 cm³/mol. The number of rotatable bonds is 4. The molecule has 4 fully saturated rings. The van der Waals surface area contributed by atoms with E-state index in [2.05, 4.69) is 50.8 Å². The van der Waals surface area contributed by atoms with Gasteiger partial charge in [0.25, 0.3) is 0 Å². The van der Waals surface area contributed by atoms with Crippen LogP contribution >= 0.6 is 0 Å². The van der Waals surface area contributed by atoms with Gasteiger partial charge < -0.3 is 10.2 Å². The molecule has 6 atom stereocenters. The van der Waals surface area contributed by atoms with E-state index in [1.807, 2.05) is 0 Å². The Hall–Kier alpha value is -1.38. The van der Waals surface area contributed by atoms with Crippen molar-refractivity contribution in [3.05, 3.63) is 59.3 Å². The van der Waals surface area contributed by atoms with Gasteiger partial charge in [0, 0.05) is 6.42 Å². The molecule has 4 aliphatic carbocycles. The first-order valence-electron chi connectivity index (χ1n) is 12.7. The van der Waals surface area contributed by atoms with Gasteiger partial charge in [-0.25, -0.2) is 0 Å². The molecular formula is C29H42O2. The van der Waals surface area contributed by atoms with E-state index in [-0.39, 0.29) is 0 Å². The summed E-state index contributed by atoms with van der Waals surface area (Å²) in [5.41, 5.74) is 5.41. The summed E-state index contributed by atoms with van der Waals surface area (Å²) in [6.07, 6.45) is 23.4. The lowest BCUT2D eigenvalue weighted by molar-refractivity contribution is 0.0862. The van der Waals surface area contributed by atoms with Crippen molar-refractivity contribution in [3.8, 4) is 0 Å². The molecule has 4 saturated carbocycles. The zero-order valence-corrected chi connectivity index (χ0v) is 19.7. The minimum Gasteiger partial charge on any atom is -0.393 e. The van der Waals surface area contributed by atoms with Crippen molar-refractivity contribution >= 4 is 0 Å². The minimum atomic E-state index is -0.604. The van der Waals surface area contributed by atoms with Crippen LogP contribution in [-0.2, 0) is 0 Å². The number of hydrogen-bond acceptors (Lipinski definition) is 2. The van der Waals surface area contributed by atoms with E-state index in [0.29, 0.717) is 30.1 Å². The van der Waals surface area contributed by atoms with Gasteiger partial charge in [-0.3, -0.25) is 0 Å². The number of aliphatic hydroxyl groups excluding tert-OH is 2. The highest BCUT2D eigenvalue weighted by atomic mass is 16.3. The van der Waals surface area contributed by atoms with Crippen molar-refractivity contribution in [1.82, 2.24) is 0 Å². The van der Waals surface area contributed by atoms with Crippen LogP contribution in [0.3, 0.4) is 0 Å². The molecule has 170 valence electrons. The van der Waals surface area contributed by atoms with Gasteiger partial charge in [-0.1, -0.05) is 62.0 Å². The maximum atomic E-state index is 10.2. The fraction of sp³-hybridized carbons (Fsp3) is 0.655. The van der Waals surface area contributed by atoms with Gasteiger partial charge in [0.1, 0.15) is 0 Å². The van der Waals surface area contributed by atoms with Crippen molar-refractivity contribution in [1.29, 1.82) is 0 Å². The zero-order valence-electron chi connectivity index (χ0n) is 19.7. The Morgan fingerprint density at radius 3 is 2.58 bits per heavy atom. The minimum absolute atomic E-state index is 0.384. The molecule has 0 aromatic heterocycles. The summed E-state index contributed by atoms with van der Waals surface area (Å²) in [5.74, 6) is 2.04. The van der Waals surface area contributed by atoms with Crippen LogP contribution in [-0.4, -0.2) is 22.4 Å². The second-order valence-corrected chi connectivity index (χ2v) is 10.9. The van der Waals surface area contributed by atoms with Crippen LogP contribution in [0.5, 0.6) is 0 Å². The van der Waals surface area contributed by atoms with Gasteiger partial charge in [0.2, 0.25) is 0 Å². The highest BCUT2D eigenvalue weighted by molar-refractivity contribution is 5.38. The Labute approximate surface area is 189 Å². The number of aliphatic hydroxyl groups is 2. The van der Waals surface area contributed by atoms with Gasteiger partial charge in [0.15, 0.2) is 0 Å². The standard InChI is InChI=1S/C29H42O2/c1-20(8-6-11-22-9-4-5-10-22)26-15-16-27-23(12-7-17-29(26,27)3)13-14-24-18-25(30)19-28(31)21(24)2/h6,8,11,13-14,20,25-28,30-31H,2,4-5,7,9-10,12,15-19H2,1,3H3/b8-6+,23-13+,24-14-/t20-,25-,26-,27+,28+,29-/m1/s1. The molecule has 2 N–H and O–H groups in total. The molecule has 0 heterocycles. The molecule has 0 bridgehead atoms. The second-order valence-electron chi connectivity index (χ2n) is 10.9. The van der Waals surface area contributed by atoms with Gasteiger partial charge in [-0.15, -0.1) is 0 Å². The lowest BCUT2D eigenvalue weighted by Gasteiger charge is -2.44. The Bertz CT molecular complexity index is 790. The summed E-state index contributed by atoms with van der Waals surface area (Å²) >= 11 is 0. The normalized spacial score (nSPS) is 40.1. The Morgan fingerprint density at radius 2 is 1.81 bits per heavy atom. The predicted octanol–water partition coefficient (Wildman–Crippen LogP) is 6.82. The average Bonchev–Trinajstić information content (AvgIpc) is 3.36. The van der Waals surface area contributed by atoms with E-state index in [1.165, 1.54) is 57.8 Å². The van der Waals surface area contributed by atoms with E-state index >= 15 is 0 Å². The van der Waals surface area contributed by atoms with E-state index in [9.17, 15) is 10.2 Å². The van der Waals surface area contributed by atoms with E-state index in [1.54, 1.807) is 11.1 Å². The first kappa shape index (κ1) is 22.8. The first-order chi connectivity index (χ1) is 14.9. The lowest BCUT2D eigenvalue weighted by atomic mass is 9.61. The summed E-state index contributed by atoms with van der Waals surface area (Å²) in [6, 6.07) is 0. The van der Waals surface area contributed by atoms with Crippen molar-refractivity contribution in [3.63, 3.8) is 0 Å². The summed E-state index contributed by atoms with van der Waals surface area (Å²) in [5, 5.41) is 20.2. The third kappa shape index (κ3) is 4.86. The van der Waals surface area contributed by atoms with Gasteiger partial charge in [-0.05, 0) is 98.5 Å². The molecule has 0 radical (unpaired) electrons. The Balaban J connectivity index is 1.47. The summed E-state index contributed by atoms with van der Waals surface area (Å²) in [4.78, 5) is 0. The molecule has 0 aromatic carbocycles. The summed E-state index contributed by atoms with van der Waals surface area (Å²) < 4.78 is 0. The van der Waals surface area contributed by atoms with Crippen LogP contribution < -0.4 is 0 Å². The van der Waals surface area contributed by atoms with E-state index < -0.39 is 12.2 Å². The van der Waals surface area contributed by atoms with Gasteiger partial charge in [0.05, 0.1) is 12.2 Å². The van der Waals surface area contributed by atoms with Crippen LogP contribution in [0.2, 0.25) is 0 Å². The smallest absolute Gasteiger partial charge is 0.0811 e. The molecule has 0 spiro atoms. The van der Waals surface area contributed by atoms with Crippen molar-refractivity contribution in [2.75, 3.05) is 0 Å². The number of allylic oxidation sites excluding steroid dienone is 7. The molecule has 4 aliphatic rings. The van der Waals surface area contributed by atoms with Crippen LogP contribution in [0.15, 0.2) is 59.3 Å². The quantitative estimate of drug-likeness (QED) is 0.522. The van der Waals surface area contributed by atoms with Crippen LogP contribution in [0.1, 0.15) is 84.5 Å². The fourth-order valence-corrected chi connectivity index (χ4v) is 7.11. The summed E-state index contributed by atoms with van der Waals surface area (Å²) in [7, 11) is 0. The number of hydrogen-bond donors (Lipinski definition) is 2. The van der Waals surface area contributed by atoms with E-state index in [4.69, 9.17) is 0 Å². The summed E-state index contributed by atoms with van der Waals surface area (Å²) in [6.45, 7) is 9.05. The first-order valence-corrected chi connectivity index (χ1v) is 12.7. The molecular weight excluding hydrogens is 380 g/mol. The third-order valence-electron chi connectivity index (χ3n) is 8.93. The van der Waals surface area contributed by atoms with Crippen molar-refractivity contribution < 1.29 is 10.2 Å². The van der Waals surface area contributed by atoms with Gasteiger partial charge >= 0.3 is 0 Å². The van der Waals surface area contributed by atoms with Gasteiger partial charge in [-0.2, -0.15) is 0 Å². The molecule has 2 nitrogen and oxygen atoms in total. The SMILES string of the molecule is C=C1/C(=C\C=C2/CCC[C@]3(C)[C@@H]([C@H](C)/C=C/C=C4CCCC4)CC[C@@H]23)C[C@@H](O)C[C@@H]1O. The Morgan fingerprint density at radius 1 is 1.03 bits per heavy atom. The zero-order chi connectivity index (χ0) is 22.0. The third-order valence-corrected chi connectivity index (χ3v) is 8.93. The molecule has 31 heavy (non-hydrogen) atoms. The topological polar surface area (TPSA) is 40.5 Å². The van der Waals surface area contributed by atoms with E-state index in [0.717, 1.165) is 17.1 Å². The highest BCUT2D eigenvalue weighted by Gasteiger charge is 2.50. The van der Waals surface area contributed by atoms with Crippen LogP contribution in [0.4, 0.5) is 0 Å². The Kier molecular flexibility index (Phi) is 7.08. The average molecular weight is 423 g/mol. The van der Waals surface area contributed by atoms with Crippen molar-refractivity contribution in [2.45, 2.75) is 96.7 Å². The monoisotopic (exact) mass is 422 g/mol. The molecule has 0 unspecified atom stereocenters. The fourth-order valence-electron chi connectivity index (χ4n) is 7.11. The largest absolute Gasteiger partial charge is 0.393 e.